The lowest BCUT2D eigenvalue weighted by Crippen LogP contribution is -2.55. The summed E-state index contributed by atoms with van der Waals surface area (Å²) in [4.78, 5) is 37.8. The minimum absolute atomic E-state index is 0.100. The zero-order valence-electron chi connectivity index (χ0n) is 23.1. The molecule has 2 saturated heterocycles. The molecule has 0 unspecified atom stereocenters. The Bertz CT molecular complexity index is 1470. The number of pyridine rings is 2. The normalized spacial score (nSPS) is 20.0. The molecule has 4 heterocycles. The van der Waals surface area contributed by atoms with E-state index in [9.17, 15) is 22.8 Å². The van der Waals surface area contributed by atoms with E-state index in [0.29, 0.717) is 30.4 Å². The van der Waals surface area contributed by atoms with Gasteiger partial charge in [-0.15, -0.1) is 0 Å². The number of carbonyl (C=O) groups is 1. The lowest BCUT2D eigenvalue weighted by molar-refractivity contribution is -0.138. The Kier molecular flexibility index (Phi) is 7.78. The summed E-state index contributed by atoms with van der Waals surface area (Å²) in [5.41, 5.74) is -1.96. The van der Waals surface area contributed by atoms with Crippen LogP contribution < -0.4 is 20.7 Å². The van der Waals surface area contributed by atoms with E-state index in [0.717, 1.165) is 37.9 Å². The molecule has 2 aliphatic rings. The second-order valence-corrected chi connectivity index (χ2v) is 10.8. The molecule has 0 spiro atoms. The van der Waals surface area contributed by atoms with Crippen molar-refractivity contribution in [3.8, 4) is 11.1 Å². The third-order valence-corrected chi connectivity index (χ3v) is 8.00. The van der Waals surface area contributed by atoms with E-state index >= 15 is 4.39 Å². The van der Waals surface area contributed by atoms with Crippen molar-refractivity contribution < 1.29 is 22.4 Å². The van der Waals surface area contributed by atoms with Gasteiger partial charge in [0.15, 0.2) is 0 Å². The number of anilines is 3. The Labute approximate surface area is 235 Å². The third-order valence-electron chi connectivity index (χ3n) is 8.00. The number of piperazine rings is 1. The molecular formula is C29H32F4N6O2. The Hall–Kier alpha value is -3.93. The standard InChI is InChI=1S/C29H32F4N6O2/c1-17-15-39(16-18(2)37(17)3)25-12-23(30)20(19-6-7-26(34-13-19)38-8-4-5-9-38)10-24(25)36-28(41)21-14-35-27(40)11-22(21)29(31,32)33/h6-7,10-14,17-18H,4-5,8-9,15-16H2,1-3H3,(H,35,40)(H,36,41)/t17-,18+. The summed E-state index contributed by atoms with van der Waals surface area (Å²) in [6, 6.07) is 6.85. The van der Waals surface area contributed by atoms with Crippen LogP contribution in [0.4, 0.5) is 34.8 Å². The van der Waals surface area contributed by atoms with Crippen LogP contribution in [0.25, 0.3) is 11.1 Å². The first-order chi connectivity index (χ1) is 19.4. The molecule has 8 nitrogen and oxygen atoms in total. The molecule has 218 valence electrons. The SMILES string of the molecule is C[C@@H]1CN(c2cc(F)c(-c3ccc(N4CCCC4)nc3)cc2NC(=O)c2c[nH]c(=O)cc2C(F)(F)F)C[C@H](C)N1C. The number of aromatic nitrogens is 2. The summed E-state index contributed by atoms with van der Waals surface area (Å²) < 4.78 is 56.8. The van der Waals surface area contributed by atoms with Crippen LogP contribution in [-0.2, 0) is 6.18 Å². The maximum atomic E-state index is 15.7. The van der Waals surface area contributed by atoms with Crippen molar-refractivity contribution in [2.75, 3.05) is 48.3 Å². The fourth-order valence-corrected chi connectivity index (χ4v) is 5.51. The molecule has 2 aliphatic heterocycles. The van der Waals surface area contributed by atoms with Gasteiger partial charge in [0.2, 0.25) is 5.56 Å². The Morgan fingerprint density at radius 3 is 2.34 bits per heavy atom. The number of amides is 1. The van der Waals surface area contributed by atoms with Crippen LogP contribution in [-0.4, -0.2) is 66.1 Å². The summed E-state index contributed by atoms with van der Waals surface area (Å²) >= 11 is 0. The molecule has 2 aromatic heterocycles. The Morgan fingerprint density at radius 1 is 1.05 bits per heavy atom. The van der Waals surface area contributed by atoms with Gasteiger partial charge in [-0.3, -0.25) is 14.5 Å². The number of benzene rings is 1. The average Bonchev–Trinajstić information content (AvgIpc) is 3.47. The van der Waals surface area contributed by atoms with Crippen molar-refractivity contribution in [3.63, 3.8) is 0 Å². The first-order valence-electron chi connectivity index (χ1n) is 13.6. The summed E-state index contributed by atoms with van der Waals surface area (Å²) in [7, 11) is 1.99. The minimum atomic E-state index is -4.93. The monoisotopic (exact) mass is 572 g/mol. The molecule has 41 heavy (non-hydrogen) atoms. The minimum Gasteiger partial charge on any atom is -0.367 e. The van der Waals surface area contributed by atoms with Gasteiger partial charge in [0.25, 0.3) is 5.91 Å². The largest absolute Gasteiger partial charge is 0.417 e. The number of hydrogen-bond acceptors (Lipinski definition) is 6. The van der Waals surface area contributed by atoms with Crippen LogP contribution >= 0.6 is 0 Å². The summed E-state index contributed by atoms with van der Waals surface area (Å²) in [5, 5.41) is 2.58. The van der Waals surface area contributed by atoms with Crippen molar-refractivity contribution in [1.29, 1.82) is 0 Å². The molecule has 2 fully saturated rings. The van der Waals surface area contributed by atoms with Gasteiger partial charge in [0.05, 0.1) is 22.5 Å². The number of H-pyrrole nitrogens is 1. The van der Waals surface area contributed by atoms with E-state index in [-0.39, 0.29) is 23.3 Å². The summed E-state index contributed by atoms with van der Waals surface area (Å²) in [6.45, 7) is 6.88. The fraction of sp³-hybridized carbons (Fsp3) is 0.414. The van der Waals surface area contributed by atoms with Crippen LogP contribution in [0.2, 0.25) is 0 Å². The predicted molar refractivity (Wildman–Crippen MR) is 150 cm³/mol. The van der Waals surface area contributed by atoms with E-state index in [1.165, 1.54) is 12.1 Å². The number of carbonyl (C=O) groups excluding carboxylic acids is 1. The summed E-state index contributed by atoms with van der Waals surface area (Å²) in [5.74, 6) is -0.840. The molecule has 2 N–H and O–H groups in total. The van der Waals surface area contributed by atoms with Crippen LogP contribution in [0.3, 0.4) is 0 Å². The second-order valence-electron chi connectivity index (χ2n) is 10.8. The van der Waals surface area contributed by atoms with Crippen molar-refractivity contribution in [1.82, 2.24) is 14.9 Å². The second kappa shape index (κ2) is 11.2. The number of alkyl halides is 3. The highest BCUT2D eigenvalue weighted by Gasteiger charge is 2.36. The number of halogens is 4. The van der Waals surface area contributed by atoms with Gasteiger partial charge in [0.1, 0.15) is 11.6 Å². The molecule has 5 rings (SSSR count). The topological polar surface area (TPSA) is 84.6 Å². The first-order valence-corrected chi connectivity index (χ1v) is 13.6. The summed E-state index contributed by atoms with van der Waals surface area (Å²) in [6.07, 6.45) is -0.468. The molecule has 0 radical (unpaired) electrons. The maximum absolute atomic E-state index is 15.7. The first kappa shape index (κ1) is 28.6. The van der Waals surface area contributed by atoms with Crippen molar-refractivity contribution in [2.24, 2.45) is 0 Å². The smallest absolute Gasteiger partial charge is 0.367 e. The lowest BCUT2D eigenvalue weighted by atomic mass is 10.0. The van der Waals surface area contributed by atoms with Crippen LogP contribution in [0.15, 0.2) is 47.5 Å². The van der Waals surface area contributed by atoms with Crippen molar-refractivity contribution in [3.05, 3.63) is 70.0 Å². The van der Waals surface area contributed by atoms with Crippen molar-refractivity contribution in [2.45, 2.75) is 44.9 Å². The van der Waals surface area contributed by atoms with Crippen LogP contribution in [0.1, 0.15) is 42.6 Å². The number of likely N-dealkylation sites (N-methyl/N-ethyl adjacent to an activating group) is 1. The molecule has 1 aromatic carbocycles. The number of aromatic amines is 1. The van der Waals surface area contributed by atoms with Gasteiger partial charge in [-0.25, -0.2) is 9.37 Å². The van der Waals surface area contributed by atoms with Gasteiger partial charge < -0.3 is 20.1 Å². The third kappa shape index (κ3) is 5.92. The van der Waals surface area contributed by atoms with E-state index in [4.69, 9.17) is 0 Å². The van der Waals surface area contributed by atoms with Gasteiger partial charge in [-0.1, -0.05) is 0 Å². The molecule has 0 saturated carbocycles. The number of nitrogens with zero attached hydrogens (tertiary/aromatic N) is 4. The highest BCUT2D eigenvalue weighted by atomic mass is 19.4. The Balaban J connectivity index is 1.55. The van der Waals surface area contributed by atoms with E-state index in [1.807, 2.05) is 31.9 Å². The molecule has 3 aromatic rings. The number of nitrogens with one attached hydrogen (secondary N) is 2. The predicted octanol–water partition coefficient (Wildman–Crippen LogP) is 4.98. The van der Waals surface area contributed by atoms with Crippen LogP contribution in [0.5, 0.6) is 0 Å². The molecule has 0 bridgehead atoms. The highest BCUT2D eigenvalue weighted by Crippen LogP contribution is 2.37. The Morgan fingerprint density at radius 2 is 1.73 bits per heavy atom. The van der Waals surface area contributed by atoms with Crippen LogP contribution in [0, 0.1) is 5.82 Å². The molecule has 0 aliphatic carbocycles. The average molecular weight is 573 g/mol. The van der Waals surface area contributed by atoms with Crippen molar-refractivity contribution >= 4 is 23.1 Å². The molecule has 12 heteroatoms. The van der Waals surface area contributed by atoms with E-state index in [1.54, 1.807) is 12.3 Å². The van der Waals surface area contributed by atoms with E-state index < -0.39 is 34.6 Å². The number of rotatable bonds is 5. The van der Waals surface area contributed by atoms with Gasteiger partial charge in [-0.05, 0) is 58.0 Å². The zero-order valence-corrected chi connectivity index (χ0v) is 23.1. The quantitative estimate of drug-likeness (QED) is 0.420. The lowest BCUT2D eigenvalue weighted by Gasteiger charge is -2.44. The molecular weight excluding hydrogens is 540 g/mol. The van der Waals surface area contributed by atoms with Gasteiger partial charge >= 0.3 is 6.18 Å². The van der Waals surface area contributed by atoms with E-state index in [2.05, 4.69) is 25.1 Å². The van der Waals surface area contributed by atoms with Gasteiger partial charge in [-0.2, -0.15) is 13.2 Å². The van der Waals surface area contributed by atoms with Gasteiger partial charge in [0, 0.05) is 67.8 Å². The fourth-order valence-electron chi connectivity index (χ4n) is 5.51. The molecule has 2 atom stereocenters. The zero-order chi connectivity index (χ0) is 29.5. The maximum Gasteiger partial charge on any atom is 0.417 e. The molecule has 1 amide bonds. The highest BCUT2D eigenvalue weighted by molar-refractivity contribution is 6.07. The number of hydrogen-bond donors (Lipinski definition) is 2.